The van der Waals surface area contributed by atoms with E-state index in [9.17, 15) is 9.59 Å². The van der Waals surface area contributed by atoms with E-state index >= 15 is 0 Å². The zero-order chi connectivity index (χ0) is 31.5. The number of amides is 1. The number of anilines is 1. The summed E-state index contributed by atoms with van der Waals surface area (Å²) in [6.07, 6.45) is 1.50. The van der Waals surface area contributed by atoms with E-state index in [4.69, 9.17) is 42.1 Å². The summed E-state index contributed by atoms with van der Waals surface area (Å²) in [5.74, 6) is 0.945. The third-order valence-electron chi connectivity index (χ3n) is 6.61. The highest BCUT2D eigenvalue weighted by Gasteiger charge is 2.18. The molecule has 9 nitrogen and oxygen atoms in total. The van der Waals surface area contributed by atoms with E-state index in [0.717, 1.165) is 5.39 Å². The average molecular weight is 706 g/mol. The Hall–Kier alpha value is -4.64. The van der Waals surface area contributed by atoms with Crippen molar-refractivity contribution in [2.75, 3.05) is 18.5 Å². The number of carbonyl (C=O) groups is 1. The predicted octanol–water partition coefficient (Wildman–Crippen LogP) is 8.18. The number of hydrogen-bond acceptors (Lipinski definition) is 7. The van der Waals surface area contributed by atoms with E-state index < -0.39 is 0 Å². The minimum absolute atomic E-state index is 0.218. The standard InChI is InChI=1S/C33H23BrCl2N4O5/c1-2-43-28-15-20(25(34)16-29(28)44-18-31(41)38-23-10-7-21(35)8-11-23)17-37-40-32(39-26-6-4-3-5-24(26)33(40)42)30-14-19-13-22(36)9-12-27(19)45-30/h3-17H,2,18H2,1H3,(H,38,41). The van der Waals surface area contributed by atoms with Crippen molar-refractivity contribution < 1.29 is 18.7 Å². The number of halogens is 3. The van der Waals surface area contributed by atoms with Crippen LogP contribution in [0.5, 0.6) is 11.5 Å². The maximum Gasteiger partial charge on any atom is 0.282 e. The summed E-state index contributed by atoms with van der Waals surface area (Å²) in [6.45, 7) is 1.92. The van der Waals surface area contributed by atoms with Crippen LogP contribution in [0.3, 0.4) is 0 Å². The smallest absolute Gasteiger partial charge is 0.282 e. The fourth-order valence-electron chi connectivity index (χ4n) is 4.54. The SMILES string of the molecule is CCOc1cc(C=Nn2c(-c3cc4cc(Cl)ccc4o3)nc3ccccc3c2=O)c(Br)cc1OCC(=O)Nc1ccc(Cl)cc1. The Morgan fingerprint density at radius 3 is 2.56 bits per heavy atom. The Balaban J connectivity index is 1.33. The molecule has 0 saturated carbocycles. The number of rotatable bonds is 9. The molecule has 0 aliphatic rings. The van der Waals surface area contributed by atoms with E-state index in [1.165, 1.54) is 10.9 Å². The fourth-order valence-corrected chi connectivity index (χ4v) is 5.27. The van der Waals surface area contributed by atoms with Gasteiger partial charge in [-0.15, -0.1) is 0 Å². The number of nitrogens with zero attached hydrogens (tertiary/aromatic N) is 3. The maximum atomic E-state index is 13.7. The minimum Gasteiger partial charge on any atom is -0.490 e. The minimum atomic E-state index is -0.377. The normalized spacial score (nSPS) is 11.4. The number of hydrogen-bond donors (Lipinski definition) is 1. The molecule has 0 fully saturated rings. The highest BCUT2D eigenvalue weighted by Crippen LogP contribution is 2.34. The van der Waals surface area contributed by atoms with Crippen LogP contribution in [-0.4, -0.2) is 35.0 Å². The molecule has 12 heteroatoms. The van der Waals surface area contributed by atoms with Crippen LogP contribution in [0.15, 0.2) is 104 Å². The van der Waals surface area contributed by atoms with Crippen molar-refractivity contribution in [1.29, 1.82) is 0 Å². The molecule has 1 amide bonds. The number of fused-ring (bicyclic) bond motifs is 2. The number of benzene rings is 4. The van der Waals surface area contributed by atoms with Gasteiger partial charge in [0.2, 0.25) is 5.82 Å². The second-order valence-corrected chi connectivity index (χ2v) is 11.4. The summed E-state index contributed by atoms with van der Waals surface area (Å²) >= 11 is 15.6. The molecule has 0 bridgehead atoms. The van der Waals surface area contributed by atoms with Crippen LogP contribution in [0, 0.1) is 0 Å². The Bertz CT molecular complexity index is 2140. The third kappa shape index (κ3) is 6.73. The zero-order valence-electron chi connectivity index (χ0n) is 23.6. The lowest BCUT2D eigenvalue weighted by molar-refractivity contribution is -0.118. The van der Waals surface area contributed by atoms with Crippen LogP contribution in [0.1, 0.15) is 12.5 Å². The highest BCUT2D eigenvalue weighted by molar-refractivity contribution is 9.10. The van der Waals surface area contributed by atoms with E-state index in [1.807, 2.05) is 13.0 Å². The molecule has 6 aromatic rings. The highest BCUT2D eigenvalue weighted by atomic mass is 79.9. The van der Waals surface area contributed by atoms with Gasteiger partial charge in [-0.1, -0.05) is 35.3 Å². The molecule has 0 atom stereocenters. The van der Waals surface area contributed by atoms with Crippen LogP contribution >= 0.6 is 39.1 Å². The number of carbonyl (C=O) groups excluding carboxylic acids is 1. The molecule has 2 aromatic heterocycles. The van der Waals surface area contributed by atoms with Gasteiger partial charge in [-0.05, 0) is 95.7 Å². The molecule has 0 aliphatic carbocycles. The van der Waals surface area contributed by atoms with Crippen LogP contribution < -0.4 is 20.3 Å². The third-order valence-corrected chi connectivity index (χ3v) is 7.79. The van der Waals surface area contributed by atoms with Crippen LogP contribution in [-0.2, 0) is 4.79 Å². The molecule has 4 aromatic carbocycles. The van der Waals surface area contributed by atoms with Crippen LogP contribution in [0.2, 0.25) is 10.0 Å². The Labute approximate surface area is 275 Å². The van der Waals surface area contributed by atoms with Gasteiger partial charge in [-0.25, -0.2) is 4.98 Å². The molecule has 0 saturated heterocycles. The van der Waals surface area contributed by atoms with Crippen molar-refractivity contribution in [3.63, 3.8) is 0 Å². The maximum absolute atomic E-state index is 13.7. The lowest BCUT2D eigenvalue weighted by Gasteiger charge is -2.14. The van der Waals surface area contributed by atoms with Crippen molar-refractivity contribution in [3.8, 4) is 23.1 Å². The van der Waals surface area contributed by atoms with Gasteiger partial charge >= 0.3 is 0 Å². The van der Waals surface area contributed by atoms with E-state index in [1.54, 1.807) is 78.9 Å². The quantitative estimate of drug-likeness (QED) is 0.152. The number of aromatic nitrogens is 2. The first-order valence-corrected chi connectivity index (χ1v) is 15.2. The lowest BCUT2D eigenvalue weighted by Crippen LogP contribution is -2.20. The molecule has 45 heavy (non-hydrogen) atoms. The predicted molar refractivity (Wildman–Crippen MR) is 180 cm³/mol. The second-order valence-electron chi connectivity index (χ2n) is 9.70. The summed E-state index contributed by atoms with van der Waals surface area (Å²) < 4.78 is 19.4. The van der Waals surface area contributed by atoms with Gasteiger partial charge < -0.3 is 19.2 Å². The van der Waals surface area contributed by atoms with Crippen LogP contribution in [0.25, 0.3) is 33.5 Å². The van der Waals surface area contributed by atoms with Gasteiger partial charge in [0.15, 0.2) is 23.9 Å². The van der Waals surface area contributed by atoms with E-state index in [2.05, 4.69) is 26.3 Å². The number of ether oxygens (including phenoxy) is 2. The van der Waals surface area contributed by atoms with Crippen LogP contribution in [0.4, 0.5) is 5.69 Å². The van der Waals surface area contributed by atoms with Gasteiger partial charge in [0.05, 0.1) is 23.7 Å². The Kier molecular flexibility index (Phi) is 8.88. The van der Waals surface area contributed by atoms with Gasteiger partial charge in [-0.3, -0.25) is 9.59 Å². The van der Waals surface area contributed by atoms with Gasteiger partial charge in [-0.2, -0.15) is 9.78 Å². The molecule has 1 N–H and O–H groups in total. The number of para-hydroxylation sites is 1. The van der Waals surface area contributed by atoms with Gasteiger partial charge in [0.1, 0.15) is 5.58 Å². The molecular weight excluding hydrogens is 683 g/mol. The summed E-state index contributed by atoms with van der Waals surface area (Å²) in [6, 6.07) is 24.2. The summed E-state index contributed by atoms with van der Waals surface area (Å²) in [5.41, 5.74) is 1.89. The first kappa shape index (κ1) is 30.4. The molecule has 0 spiro atoms. The van der Waals surface area contributed by atoms with Crippen molar-refractivity contribution in [2.24, 2.45) is 5.10 Å². The second kappa shape index (κ2) is 13.2. The molecule has 0 unspecified atom stereocenters. The summed E-state index contributed by atoms with van der Waals surface area (Å²) in [4.78, 5) is 30.9. The van der Waals surface area contributed by atoms with Crippen molar-refractivity contribution >= 4 is 78.8 Å². The molecule has 0 aliphatic heterocycles. The fraction of sp³-hybridized carbons (Fsp3) is 0.0909. The van der Waals surface area contributed by atoms with E-state index in [-0.39, 0.29) is 23.9 Å². The lowest BCUT2D eigenvalue weighted by atomic mass is 10.2. The molecule has 226 valence electrons. The van der Waals surface area contributed by atoms with Crippen molar-refractivity contribution in [2.45, 2.75) is 6.92 Å². The topological polar surface area (TPSA) is 108 Å². The Morgan fingerprint density at radius 1 is 1.00 bits per heavy atom. The summed E-state index contributed by atoms with van der Waals surface area (Å²) in [7, 11) is 0. The monoisotopic (exact) mass is 704 g/mol. The van der Waals surface area contributed by atoms with E-state index in [0.29, 0.717) is 66.1 Å². The molecular formula is C33H23BrCl2N4O5. The number of furan rings is 1. The first-order chi connectivity index (χ1) is 21.8. The van der Waals surface area contributed by atoms with Gasteiger partial charge in [0, 0.05) is 31.2 Å². The number of nitrogens with one attached hydrogen (secondary N) is 1. The Morgan fingerprint density at radius 2 is 1.76 bits per heavy atom. The zero-order valence-corrected chi connectivity index (χ0v) is 26.7. The molecule has 2 heterocycles. The summed E-state index contributed by atoms with van der Waals surface area (Å²) in [5, 5.41) is 9.57. The van der Waals surface area contributed by atoms with Gasteiger partial charge in [0.25, 0.3) is 11.5 Å². The first-order valence-electron chi connectivity index (χ1n) is 13.7. The largest absolute Gasteiger partial charge is 0.490 e. The van der Waals surface area contributed by atoms with Crippen molar-refractivity contribution in [3.05, 3.63) is 115 Å². The molecule has 0 radical (unpaired) electrons. The average Bonchev–Trinajstić information content (AvgIpc) is 3.45. The van der Waals surface area contributed by atoms with Crippen molar-refractivity contribution in [1.82, 2.24) is 9.66 Å². The molecule has 6 rings (SSSR count).